The van der Waals surface area contributed by atoms with Gasteiger partial charge < -0.3 is 19.9 Å². The lowest BCUT2D eigenvalue weighted by molar-refractivity contribution is -0.141. The molecule has 2 aliphatic rings. The number of hydrogen-bond acceptors (Lipinski definition) is 5. The molecule has 2 atom stereocenters. The standard InChI is InChI=1S/C13H12ClNO5/c14-8-1-7(4-16)11-12(20-5-19-11)10(8)9-2-6(3-15-9)13(17)18/h1,4,6,9,15H,2-3,5H2,(H,17,18). The van der Waals surface area contributed by atoms with Crippen LogP contribution in [0.4, 0.5) is 0 Å². The van der Waals surface area contributed by atoms with E-state index in [0.717, 1.165) is 0 Å². The highest BCUT2D eigenvalue weighted by atomic mass is 35.5. The number of carbonyl (C=O) groups is 2. The first-order valence-corrected chi connectivity index (χ1v) is 6.53. The molecule has 1 fully saturated rings. The van der Waals surface area contributed by atoms with Crippen LogP contribution in [0.3, 0.4) is 0 Å². The van der Waals surface area contributed by atoms with E-state index in [1.54, 1.807) is 0 Å². The van der Waals surface area contributed by atoms with E-state index in [2.05, 4.69) is 5.32 Å². The van der Waals surface area contributed by atoms with Crippen molar-refractivity contribution in [2.24, 2.45) is 5.92 Å². The molecule has 7 heteroatoms. The normalized spacial score (nSPS) is 23.9. The lowest BCUT2D eigenvalue weighted by Crippen LogP contribution is -2.17. The number of ether oxygens (including phenoxy) is 2. The molecule has 20 heavy (non-hydrogen) atoms. The maximum absolute atomic E-state index is 11.0. The fraction of sp³-hybridized carbons (Fsp3) is 0.385. The Balaban J connectivity index is 2.01. The topological polar surface area (TPSA) is 84.9 Å². The van der Waals surface area contributed by atoms with E-state index >= 15 is 0 Å². The Morgan fingerprint density at radius 3 is 2.85 bits per heavy atom. The molecular formula is C13H12ClNO5. The smallest absolute Gasteiger partial charge is 0.307 e. The minimum atomic E-state index is -0.838. The second kappa shape index (κ2) is 4.96. The summed E-state index contributed by atoms with van der Waals surface area (Å²) >= 11 is 6.22. The Labute approximate surface area is 119 Å². The van der Waals surface area contributed by atoms with E-state index in [-0.39, 0.29) is 12.8 Å². The molecule has 0 radical (unpaired) electrons. The van der Waals surface area contributed by atoms with Gasteiger partial charge in [-0.3, -0.25) is 9.59 Å². The number of hydrogen-bond donors (Lipinski definition) is 2. The van der Waals surface area contributed by atoms with E-state index in [0.29, 0.717) is 46.9 Å². The monoisotopic (exact) mass is 297 g/mol. The molecule has 2 heterocycles. The molecule has 106 valence electrons. The zero-order valence-corrected chi connectivity index (χ0v) is 11.1. The number of halogens is 1. The number of aldehydes is 1. The Hall–Kier alpha value is -1.79. The van der Waals surface area contributed by atoms with Crippen molar-refractivity contribution < 1.29 is 24.2 Å². The predicted octanol–water partition coefficient (Wildman–Crippen LogP) is 1.62. The zero-order valence-electron chi connectivity index (χ0n) is 10.4. The highest BCUT2D eigenvalue weighted by Crippen LogP contribution is 2.47. The van der Waals surface area contributed by atoms with Crippen molar-refractivity contribution in [3.63, 3.8) is 0 Å². The first-order valence-electron chi connectivity index (χ1n) is 6.15. The van der Waals surface area contributed by atoms with Crippen LogP contribution >= 0.6 is 11.6 Å². The second-order valence-corrected chi connectivity index (χ2v) is 5.18. The zero-order chi connectivity index (χ0) is 14.3. The maximum Gasteiger partial charge on any atom is 0.307 e. The molecule has 2 unspecified atom stereocenters. The number of aliphatic carboxylic acids is 1. The summed E-state index contributed by atoms with van der Waals surface area (Å²) in [6.07, 6.45) is 1.08. The molecule has 1 aromatic rings. The molecule has 0 bridgehead atoms. The van der Waals surface area contributed by atoms with Crippen LogP contribution in [0, 0.1) is 5.92 Å². The third-order valence-corrected chi connectivity index (χ3v) is 3.93. The summed E-state index contributed by atoms with van der Waals surface area (Å²) in [6, 6.07) is 1.30. The van der Waals surface area contributed by atoms with Crippen LogP contribution in [0.15, 0.2) is 6.07 Å². The third-order valence-electron chi connectivity index (χ3n) is 3.61. The first kappa shape index (κ1) is 13.2. The van der Waals surface area contributed by atoms with Gasteiger partial charge >= 0.3 is 5.97 Å². The quantitative estimate of drug-likeness (QED) is 0.825. The number of fused-ring (bicyclic) bond motifs is 1. The molecule has 6 nitrogen and oxygen atoms in total. The summed E-state index contributed by atoms with van der Waals surface area (Å²) in [7, 11) is 0. The number of carboxylic acids is 1. The van der Waals surface area contributed by atoms with Crippen LogP contribution in [0.25, 0.3) is 0 Å². The van der Waals surface area contributed by atoms with Crippen LogP contribution < -0.4 is 14.8 Å². The van der Waals surface area contributed by atoms with Gasteiger partial charge in [0.05, 0.1) is 16.5 Å². The van der Waals surface area contributed by atoms with E-state index < -0.39 is 11.9 Å². The van der Waals surface area contributed by atoms with Gasteiger partial charge in [0.2, 0.25) is 6.79 Å². The summed E-state index contributed by atoms with van der Waals surface area (Å²) in [5.74, 6) is -0.489. The SMILES string of the molecule is O=Cc1cc(Cl)c(C2CC(C(=O)O)CN2)c2c1OCO2. The fourth-order valence-electron chi connectivity index (χ4n) is 2.64. The number of rotatable bonds is 3. The van der Waals surface area contributed by atoms with Crippen molar-refractivity contribution in [1.29, 1.82) is 0 Å². The van der Waals surface area contributed by atoms with Crippen LogP contribution in [-0.4, -0.2) is 30.7 Å². The van der Waals surface area contributed by atoms with E-state index in [4.69, 9.17) is 26.2 Å². The van der Waals surface area contributed by atoms with Crippen molar-refractivity contribution >= 4 is 23.9 Å². The minimum Gasteiger partial charge on any atom is -0.481 e. The minimum absolute atomic E-state index is 0.0264. The number of benzene rings is 1. The Bertz CT molecular complexity index is 589. The Morgan fingerprint density at radius 1 is 1.45 bits per heavy atom. The highest BCUT2D eigenvalue weighted by Gasteiger charge is 2.36. The van der Waals surface area contributed by atoms with Gasteiger partial charge in [0.15, 0.2) is 17.8 Å². The molecule has 2 N–H and O–H groups in total. The Kier molecular flexibility index (Phi) is 3.27. The molecule has 3 rings (SSSR count). The van der Waals surface area contributed by atoms with E-state index in [1.807, 2.05) is 0 Å². The first-order chi connectivity index (χ1) is 9.61. The van der Waals surface area contributed by atoms with E-state index in [9.17, 15) is 9.59 Å². The van der Waals surface area contributed by atoms with Crippen LogP contribution in [-0.2, 0) is 4.79 Å². The Morgan fingerprint density at radius 2 is 2.20 bits per heavy atom. The lowest BCUT2D eigenvalue weighted by Gasteiger charge is -2.16. The van der Waals surface area contributed by atoms with Crippen molar-refractivity contribution in [2.45, 2.75) is 12.5 Å². The van der Waals surface area contributed by atoms with Gasteiger partial charge in [0.1, 0.15) is 0 Å². The van der Waals surface area contributed by atoms with Crippen LogP contribution in [0.5, 0.6) is 11.5 Å². The number of carbonyl (C=O) groups excluding carboxylic acids is 1. The van der Waals surface area contributed by atoms with Crippen LogP contribution in [0.1, 0.15) is 28.4 Å². The van der Waals surface area contributed by atoms with E-state index in [1.165, 1.54) is 6.07 Å². The second-order valence-electron chi connectivity index (χ2n) is 4.78. The molecule has 0 amide bonds. The largest absolute Gasteiger partial charge is 0.481 e. The summed E-state index contributed by atoms with van der Waals surface area (Å²) in [6.45, 7) is 0.403. The lowest BCUT2D eigenvalue weighted by atomic mass is 9.97. The fourth-order valence-corrected chi connectivity index (χ4v) is 2.97. The highest BCUT2D eigenvalue weighted by molar-refractivity contribution is 6.32. The van der Waals surface area contributed by atoms with Crippen molar-refractivity contribution in [3.8, 4) is 11.5 Å². The summed E-state index contributed by atoms with van der Waals surface area (Å²) in [4.78, 5) is 22.0. The van der Waals surface area contributed by atoms with Gasteiger partial charge in [-0.25, -0.2) is 0 Å². The summed E-state index contributed by atoms with van der Waals surface area (Å²) in [5.41, 5.74) is 0.993. The van der Waals surface area contributed by atoms with Crippen molar-refractivity contribution in [3.05, 3.63) is 22.2 Å². The molecule has 1 aromatic carbocycles. The summed E-state index contributed by atoms with van der Waals surface area (Å²) in [5, 5.41) is 12.5. The van der Waals surface area contributed by atoms with Gasteiger partial charge in [0, 0.05) is 18.2 Å². The molecular weight excluding hydrogens is 286 g/mol. The van der Waals surface area contributed by atoms with Gasteiger partial charge in [-0.05, 0) is 12.5 Å². The van der Waals surface area contributed by atoms with Crippen molar-refractivity contribution in [2.75, 3.05) is 13.3 Å². The third kappa shape index (κ3) is 2.01. The summed E-state index contributed by atoms with van der Waals surface area (Å²) < 4.78 is 10.7. The van der Waals surface area contributed by atoms with Crippen molar-refractivity contribution in [1.82, 2.24) is 5.32 Å². The molecule has 0 saturated carbocycles. The average molecular weight is 298 g/mol. The van der Waals surface area contributed by atoms with Gasteiger partial charge in [-0.15, -0.1) is 0 Å². The molecule has 2 aliphatic heterocycles. The van der Waals surface area contributed by atoms with Gasteiger partial charge in [0.25, 0.3) is 0 Å². The maximum atomic E-state index is 11.0. The number of nitrogens with one attached hydrogen (secondary N) is 1. The molecule has 1 saturated heterocycles. The molecule has 0 spiro atoms. The molecule has 0 aliphatic carbocycles. The molecule has 0 aromatic heterocycles. The predicted molar refractivity (Wildman–Crippen MR) is 69.4 cm³/mol. The average Bonchev–Trinajstić information content (AvgIpc) is 3.06. The number of carboxylic acid groups (broad SMARTS) is 1. The van der Waals surface area contributed by atoms with Gasteiger partial charge in [-0.2, -0.15) is 0 Å². The van der Waals surface area contributed by atoms with Gasteiger partial charge in [-0.1, -0.05) is 11.6 Å². The van der Waals surface area contributed by atoms with Crippen LogP contribution in [0.2, 0.25) is 5.02 Å².